The average molecular weight is 272 g/mol. The SMILES string of the molecule is CC[NH+](CC)C(=O)c1cc(N=C=O)c(F)cc1Cl. The number of benzene rings is 1. The van der Waals surface area contributed by atoms with E-state index in [-0.39, 0.29) is 22.2 Å². The van der Waals surface area contributed by atoms with Crippen LogP contribution < -0.4 is 4.90 Å². The molecule has 0 unspecified atom stereocenters. The van der Waals surface area contributed by atoms with E-state index in [0.717, 1.165) is 6.07 Å². The molecule has 1 aromatic carbocycles. The summed E-state index contributed by atoms with van der Waals surface area (Å²) in [6.45, 7) is 4.90. The molecule has 1 aromatic rings. The first-order valence-electron chi connectivity index (χ1n) is 5.51. The summed E-state index contributed by atoms with van der Waals surface area (Å²) in [6.07, 6.45) is 1.24. The summed E-state index contributed by atoms with van der Waals surface area (Å²) in [5.41, 5.74) is -0.0740. The van der Waals surface area contributed by atoms with Crippen molar-refractivity contribution in [2.45, 2.75) is 13.8 Å². The van der Waals surface area contributed by atoms with E-state index in [1.807, 2.05) is 13.8 Å². The smallest absolute Gasteiger partial charge is 0.268 e. The molecule has 96 valence electrons. The van der Waals surface area contributed by atoms with Crippen LogP contribution in [0.2, 0.25) is 5.02 Å². The summed E-state index contributed by atoms with van der Waals surface area (Å²) < 4.78 is 13.4. The van der Waals surface area contributed by atoms with E-state index in [1.54, 1.807) is 0 Å². The first-order chi connectivity index (χ1) is 8.54. The second-order valence-electron chi connectivity index (χ2n) is 3.63. The highest BCUT2D eigenvalue weighted by atomic mass is 35.5. The molecule has 1 N–H and O–H groups in total. The number of nitrogens with one attached hydrogen (secondary N) is 1. The van der Waals surface area contributed by atoms with Crippen molar-refractivity contribution in [3.8, 4) is 0 Å². The van der Waals surface area contributed by atoms with Gasteiger partial charge in [0.25, 0.3) is 0 Å². The van der Waals surface area contributed by atoms with Gasteiger partial charge in [-0.05, 0) is 26.0 Å². The third-order valence-corrected chi connectivity index (χ3v) is 2.93. The van der Waals surface area contributed by atoms with E-state index in [1.165, 1.54) is 12.1 Å². The molecular weight excluding hydrogens is 259 g/mol. The molecule has 0 aromatic heterocycles. The predicted octanol–water partition coefficient (Wildman–Crippen LogP) is 1.51. The first-order valence-corrected chi connectivity index (χ1v) is 5.89. The second-order valence-corrected chi connectivity index (χ2v) is 4.03. The molecule has 0 heterocycles. The van der Waals surface area contributed by atoms with Gasteiger partial charge in [0.2, 0.25) is 6.08 Å². The summed E-state index contributed by atoms with van der Waals surface area (Å²) in [7, 11) is 0. The Bertz CT molecular complexity index is 509. The van der Waals surface area contributed by atoms with Crippen molar-refractivity contribution in [3.05, 3.63) is 28.5 Å². The standard InChI is InChI=1S/C12H12ClFN2O2/c1-3-16(4-2)12(18)8-5-11(15-7-17)10(14)6-9(8)13/h5-6H,3-4H2,1-2H3/p+1. The van der Waals surface area contributed by atoms with E-state index in [2.05, 4.69) is 4.99 Å². The Kier molecular flexibility index (Phi) is 5.16. The van der Waals surface area contributed by atoms with Gasteiger partial charge in [0.1, 0.15) is 5.69 Å². The maximum Gasteiger partial charge on any atom is 0.345 e. The van der Waals surface area contributed by atoms with E-state index in [9.17, 15) is 14.0 Å². The van der Waals surface area contributed by atoms with Gasteiger partial charge >= 0.3 is 5.91 Å². The molecule has 0 radical (unpaired) electrons. The van der Waals surface area contributed by atoms with Crippen LogP contribution in [0.4, 0.5) is 10.1 Å². The maximum atomic E-state index is 13.4. The molecule has 18 heavy (non-hydrogen) atoms. The lowest BCUT2D eigenvalue weighted by Crippen LogP contribution is -3.14. The zero-order valence-electron chi connectivity index (χ0n) is 10.1. The summed E-state index contributed by atoms with van der Waals surface area (Å²) in [4.78, 5) is 26.2. The molecule has 0 spiro atoms. The van der Waals surface area contributed by atoms with Crippen LogP contribution in [0, 0.1) is 5.82 Å². The third-order valence-electron chi connectivity index (χ3n) is 2.62. The summed E-state index contributed by atoms with van der Waals surface area (Å²) in [6, 6.07) is 2.16. The molecule has 0 aliphatic rings. The second kappa shape index (κ2) is 6.40. The minimum atomic E-state index is -0.755. The fraction of sp³-hybridized carbons (Fsp3) is 0.333. The van der Waals surface area contributed by atoms with Gasteiger partial charge < -0.3 is 0 Å². The number of carbonyl (C=O) groups is 1. The summed E-state index contributed by atoms with van der Waals surface area (Å²) in [5.74, 6) is -0.998. The Balaban J connectivity index is 3.27. The van der Waals surface area contributed by atoms with Crippen molar-refractivity contribution in [1.82, 2.24) is 0 Å². The highest BCUT2D eigenvalue weighted by molar-refractivity contribution is 6.33. The fourth-order valence-electron chi connectivity index (χ4n) is 1.61. The lowest BCUT2D eigenvalue weighted by Gasteiger charge is -2.13. The number of isocyanates is 1. The van der Waals surface area contributed by atoms with E-state index in [4.69, 9.17) is 11.6 Å². The maximum absolute atomic E-state index is 13.4. The molecular formula is C12H13ClFN2O2+. The Hall–Kier alpha value is -1.55. The van der Waals surface area contributed by atoms with E-state index >= 15 is 0 Å². The van der Waals surface area contributed by atoms with Gasteiger partial charge in [-0.2, -0.15) is 4.99 Å². The number of quaternary nitrogens is 1. The quantitative estimate of drug-likeness (QED) is 0.667. The van der Waals surface area contributed by atoms with Crippen molar-refractivity contribution in [3.63, 3.8) is 0 Å². The number of hydrogen-bond donors (Lipinski definition) is 1. The minimum Gasteiger partial charge on any atom is -0.268 e. The van der Waals surface area contributed by atoms with Gasteiger partial charge in [0.15, 0.2) is 5.82 Å². The van der Waals surface area contributed by atoms with Gasteiger partial charge in [-0.1, -0.05) is 11.6 Å². The van der Waals surface area contributed by atoms with Crippen LogP contribution in [0.3, 0.4) is 0 Å². The average Bonchev–Trinajstić information content (AvgIpc) is 2.34. The molecule has 0 aliphatic heterocycles. The van der Waals surface area contributed by atoms with Crippen molar-refractivity contribution in [2.75, 3.05) is 13.1 Å². The molecule has 0 bridgehead atoms. The molecule has 0 saturated carbocycles. The molecule has 6 heteroatoms. The van der Waals surface area contributed by atoms with Crippen LogP contribution in [0.15, 0.2) is 17.1 Å². The highest BCUT2D eigenvalue weighted by Crippen LogP contribution is 2.25. The molecule has 0 saturated heterocycles. The van der Waals surface area contributed by atoms with Crippen molar-refractivity contribution >= 4 is 29.3 Å². The number of amides is 1. The fourth-order valence-corrected chi connectivity index (χ4v) is 1.84. The normalized spacial score (nSPS) is 10.3. The van der Waals surface area contributed by atoms with Gasteiger partial charge in [0.05, 0.1) is 23.7 Å². The Morgan fingerprint density at radius 2 is 2.06 bits per heavy atom. The van der Waals surface area contributed by atoms with Crippen LogP contribution in [-0.2, 0) is 4.79 Å². The number of rotatable bonds is 4. The number of halogens is 2. The molecule has 0 aliphatic carbocycles. The highest BCUT2D eigenvalue weighted by Gasteiger charge is 2.23. The number of hydrogen-bond acceptors (Lipinski definition) is 3. The zero-order chi connectivity index (χ0) is 13.7. The van der Waals surface area contributed by atoms with Crippen LogP contribution in [-0.4, -0.2) is 25.1 Å². The molecule has 1 amide bonds. The lowest BCUT2D eigenvalue weighted by molar-refractivity contribution is -0.809. The lowest BCUT2D eigenvalue weighted by atomic mass is 10.1. The number of carbonyl (C=O) groups excluding carboxylic acids is 2. The first kappa shape index (κ1) is 14.5. The third kappa shape index (κ3) is 3.01. The number of nitrogens with zero attached hydrogens (tertiary/aromatic N) is 1. The molecule has 1 rings (SSSR count). The monoisotopic (exact) mass is 271 g/mol. The van der Waals surface area contributed by atoms with Crippen LogP contribution in [0.5, 0.6) is 0 Å². The van der Waals surface area contributed by atoms with Crippen LogP contribution >= 0.6 is 11.6 Å². The Labute approximate surface area is 109 Å². The van der Waals surface area contributed by atoms with E-state index in [0.29, 0.717) is 18.0 Å². The van der Waals surface area contributed by atoms with E-state index < -0.39 is 5.82 Å². The molecule has 4 nitrogen and oxygen atoms in total. The summed E-state index contributed by atoms with van der Waals surface area (Å²) >= 11 is 5.84. The zero-order valence-corrected chi connectivity index (χ0v) is 10.8. The van der Waals surface area contributed by atoms with Gasteiger partial charge in [-0.3, -0.25) is 4.90 Å². The van der Waals surface area contributed by atoms with Gasteiger partial charge in [-0.25, -0.2) is 14.0 Å². The van der Waals surface area contributed by atoms with Crippen LogP contribution in [0.1, 0.15) is 24.2 Å². The Morgan fingerprint density at radius 3 is 2.56 bits per heavy atom. The van der Waals surface area contributed by atoms with Crippen molar-refractivity contribution < 1.29 is 18.9 Å². The summed E-state index contributed by atoms with van der Waals surface area (Å²) in [5, 5.41) is 0.0155. The number of aliphatic imine (C=N–C) groups is 1. The Morgan fingerprint density at radius 1 is 1.44 bits per heavy atom. The predicted molar refractivity (Wildman–Crippen MR) is 65.6 cm³/mol. The van der Waals surface area contributed by atoms with Crippen molar-refractivity contribution in [1.29, 1.82) is 0 Å². The van der Waals surface area contributed by atoms with Crippen molar-refractivity contribution in [2.24, 2.45) is 4.99 Å². The molecule has 0 atom stereocenters. The van der Waals surface area contributed by atoms with Gasteiger partial charge in [0, 0.05) is 0 Å². The van der Waals surface area contributed by atoms with Crippen LogP contribution in [0.25, 0.3) is 0 Å². The largest absolute Gasteiger partial charge is 0.345 e. The van der Waals surface area contributed by atoms with Gasteiger partial charge in [-0.15, -0.1) is 0 Å². The molecule has 0 fully saturated rings. The minimum absolute atomic E-state index is 0.0155. The topological polar surface area (TPSA) is 50.9 Å².